The number of rotatable bonds is 12. The fourth-order valence-corrected chi connectivity index (χ4v) is 3.15. The molecule has 4 heteroatoms. The molecule has 0 amide bonds. The quantitative estimate of drug-likeness (QED) is 0.291. The van der Waals surface area contributed by atoms with E-state index in [9.17, 15) is 0 Å². The molecule has 0 N–H and O–H groups in total. The normalized spacial score (nSPS) is 11.3. The van der Waals surface area contributed by atoms with E-state index in [-0.39, 0.29) is 0 Å². The topological polar surface area (TPSA) is 0 Å². The van der Waals surface area contributed by atoms with Crippen LogP contribution in [0.3, 0.4) is 0 Å². The van der Waals surface area contributed by atoms with Crippen molar-refractivity contribution in [3.8, 4) is 0 Å². The fraction of sp³-hybridized carbons (Fsp3) is 1.00. The molecular weight excluding hydrogens is 332 g/mol. The lowest BCUT2D eigenvalue weighted by atomic mass is 9.38. The largest absolute Gasteiger partial charge is 0.142 e. The number of hydrogen-bond donors (Lipinski definition) is 0. The van der Waals surface area contributed by atoms with Crippen LogP contribution in [-0.4, -0.2) is 28.0 Å². The monoisotopic (exact) mass is 390 g/mol. The van der Waals surface area contributed by atoms with Crippen molar-refractivity contribution in [1.29, 1.82) is 0 Å². The third kappa shape index (κ3) is 31.0. The van der Waals surface area contributed by atoms with Crippen molar-refractivity contribution in [3.05, 3.63) is 0 Å². The highest BCUT2D eigenvalue weighted by molar-refractivity contribution is 6.60. The minimum atomic E-state index is 0.824. The van der Waals surface area contributed by atoms with Crippen LogP contribution >= 0.6 is 0 Å². The van der Waals surface area contributed by atoms with Gasteiger partial charge in [0.05, 0.1) is 0 Å². The van der Waals surface area contributed by atoms with Gasteiger partial charge in [-0.15, -0.1) is 0 Å². The molecule has 0 aromatic rings. The van der Waals surface area contributed by atoms with Crippen LogP contribution in [0.2, 0.25) is 62.2 Å². The standard InChI is InChI=1S/C8H19B.C6H15B.C6H14B.C4H10B/c1-5-8(4)9(6-2)7-3;1-4-7(5-2)6-3;1-4-6(3)7-5-2;1-3-5-4-2/h8H,5-7H2,1-4H3;4-6H2,1-3H3;6H,4-5H2,1-3H3;3-4H2,1-2H3. The summed E-state index contributed by atoms with van der Waals surface area (Å²) in [7, 11) is 4.60. The molecule has 2 unspecified atom stereocenters. The second-order valence-electron chi connectivity index (χ2n) is 8.19. The summed E-state index contributed by atoms with van der Waals surface area (Å²) >= 11 is 0. The lowest BCUT2D eigenvalue weighted by Crippen LogP contribution is -2.14. The van der Waals surface area contributed by atoms with Crippen LogP contribution in [-0.2, 0) is 0 Å². The molecule has 0 saturated carbocycles. The van der Waals surface area contributed by atoms with Gasteiger partial charge in [0.15, 0.2) is 0 Å². The van der Waals surface area contributed by atoms with E-state index >= 15 is 0 Å². The van der Waals surface area contributed by atoms with Crippen LogP contribution in [0.25, 0.3) is 0 Å². The molecule has 0 aliphatic rings. The minimum absolute atomic E-state index is 0.824. The van der Waals surface area contributed by atoms with Gasteiger partial charge in [0.25, 0.3) is 0 Å². The third-order valence-electron chi connectivity index (χ3n) is 6.09. The Hall–Kier alpha value is 0.260. The zero-order chi connectivity index (χ0) is 22.8. The Morgan fingerprint density at radius 3 is 1.07 bits per heavy atom. The van der Waals surface area contributed by atoms with Crippen molar-refractivity contribution in [2.45, 2.75) is 158 Å². The Labute approximate surface area is 186 Å². The molecule has 28 heavy (non-hydrogen) atoms. The molecule has 0 aromatic carbocycles. The van der Waals surface area contributed by atoms with Gasteiger partial charge in [-0.1, -0.05) is 158 Å². The first-order valence-corrected chi connectivity index (χ1v) is 13.0. The van der Waals surface area contributed by atoms with E-state index in [2.05, 4.69) is 97.6 Å². The average molecular weight is 390 g/mol. The highest BCUT2D eigenvalue weighted by atomic mass is 13.9. The second kappa shape index (κ2) is 31.9. The predicted molar refractivity (Wildman–Crippen MR) is 146 cm³/mol. The molecule has 0 fully saturated rings. The summed E-state index contributed by atoms with van der Waals surface area (Å²) in [6.07, 6.45) is 13.0. The van der Waals surface area contributed by atoms with Crippen LogP contribution in [0.4, 0.5) is 0 Å². The second-order valence-corrected chi connectivity index (χ2v) is 8.19. The molecule has 0 bridgehead atoms. The number of hydrogen-bond acceptors (Lipinski definition) is 0. The molecule has 0 aromatic heterocycles. The van der Waals surface area contributed by atoms with Crippen molar-refractivity contribution < 1.29 is 0 Å². The van der Waals surface area contributed by atoms with E-state index < -0.39 is 0 Å². The molecular formula is C24H58B4. The van der Waals surface area contributed by atoms with Crippen molar-refractivity contribution in [1.82, 2.24) is 0 Å². The van der Waals surface area contributed by atoms with Crippen LogP contribution in [0.5, 0.6) is 0 Å². The van der Waals surface area contributed by atoms with E-state index in [0.717, 1.165) is 25.1 Å². The van der Waals surface area contributed by atoms with Gasteiger partial charge in [0.1, 0.15) is 28.0 Å². The summed E-state index contributed by atoms with van der Waals surface area (Å²) in [5, 5.41) is 0. The molecule has 0 aliphatic carbocycles. The summed E-state index contributed by atoms with van der Waals surface area (Å²) in [5.41, 5.74) is 0. The molecule has 0 aliphatic heterocycles. The van der Waals surface area contributed by atoms with Gasteiger partial charge in [0.2, 0.25) is 0 Å². The zero-order valence-corrected chi connectivity index (χ0v) is 22.5. The summed E-state index contributed by atoms with van der Waals surface area (Å²) in [4.78, 5) is 0. The smallest absolute Gasteiger partial charge is 0.0831 e. The molecule has 0 nitrogen and oxygen atoms in total. The summed E-state index contributed by atoms with van der Waals surface area (Å²) in [6.45, 7) is 28.9. The lowest BCUT2D eigenvalue weighted by molar-refractivity contribution is 0.844. The van der Waals surface area contributed by atoms with Crippen LogP contribution in [0.15, 0.2) is 0 Å². The Balaban J connectivity index is -0.000000140. The maximum absolute atomic E-state index is 2.36. The Bertz CT molecular complexity index is 221. The van der Waals surface area contributed by atoms with Gasteiger partial charge >= 0.3 is 0 Å². The molecule has 166 valence electrons. The van der Waals surface area contributed by atoms with E-state index in [4.69, 9.17) is 0 Å². The molecule has 0 spiro atoms. The fourth-order valence-electron chi connectivity index (χ4n) is 3.15. The van der Waals surface area contributed by atoms with Crippen LogP contribution in [0, 0.1) is 0 Å². The van der Waals surface area contributed by atoms with Gasteiger partial charge in [-0.2, -0.15) is 0 Å². The predicted octanol–water partition coefficient (Wildman–Crippen LogP) is 9.78. The summed E-state index contributed by atoms with van der Waals surface area (Å²) < 4.78 is 0. The van der Waals surface area contributed by atoms with E-state index in [0.29, 0.717) is 0 Å². The maximum Gasteiger partial charge on any atom is 0.142 e. The Morgan fingerprint density at radius 2 is 1.00 bits per heavy atom. The third-order valence-corrected chi connectivity index (χ3v) is 6.09. The highest BCUT2D eigenvalue weighted by Crippen LogP contribution is 2.19. The van der Waals surface area contributed by atoms with Gasteiger partial charge in [-0.3, -0.25) is 0 Å². The molecule has 2 radical (unpaired) electrons. The summed E-state index contributed by atoms with van der Waals surface area (Å²) in [5.74, 6) is 1.75. The minimum Gasteiger partial charge on any atom is -0.0831 e. The average Bonchev–Trinajstić information content (AvgIpc) is 2.72. The van der Waals surface area contributed by atoms with Crippen molar-refractivity contribution in [3.63, 3.8) is 0 Å². The van der Waals surface area contributed by atoms with E-state index in [1.165, 1.54) is 63.4 Å². The highest BCUT2D eigenvalue weighted by Gasteiger charge is 2.14. The first-order chi connectivity index (χ1) is 13.3. The molecule has 0 saturated heterocycles. The zero-order valence-electron chi connectivity index (χ0n) is 22.5. The lowest BCUT2D eigenvalue weighted by Gasteiger charge is -2.14. The van der Waals surface area contributed by atoms with Gasteiger partial charge in [-0.25, -0.2) is 0 Å². The van der Waals surface area contributed by atoms with Crippen molar-refractivity contribution in [2.24, 2.45) is 0 Å². The van der Waals surface area contributed by atoms with E-state index in [1.54, 1.807) is 0 Å². The van der Waals surface area contributed by atoms with Crippen LogP contribution in [0.1, 0.15) is 95.9 Å². The van der Waals surface area contributed by atoms with Crippen LogP contribution < -0.4 is 0 Å². The van der Waals surface area contributed by atoms with Gasteiger partial charge in [0, 0.05) is 0 Å². The van der Waals surface area contributed by atoms with Gasteiger partial charge < -0.3 is 0 Å². The SMILES string of the molecule is CCB(CC)C(C)CC.CCB(CC)CC.CC[B]C(C)CC.CC[B]CC. The molecule has 0 heterocycles. The van der Waals surface area contributed by atoms with Gasteiger partial charge in [-0.05, 0) is 0 Å². The Morgan fingerprint density at radius 1 is 0.571 bits per heavy atom. The molecule has 0 rings (SSSR count). The first kappa shape index (κ1) is 35.7. The maximum atomic E-state index is 2.36. The Kier molecular flexibility index (Phi) is 40.7. The summed E-state index contributed by atoms with van der Waals surface area (Å²) in [6, 6.07) is 0. The van der Waals surface area contributed by atoms with Crippen molar-refractivity contribution in [2.75, 3.05) is 0 Å². The molecule has 2 atom stereocenters. The van der Waals surface area contributed by atoms with Crippen molar-refractivity contribution >= 4 is 28.0 Å². The first-order valence-electron chi connectivity index (χ1n) is 13.0. The van der Waals surface area contributed by atoms with E-state index in [1.807, 2.05) is 0 Å².